The number of pyridine rings is 1. The van der Waals surface area contributed by atoms with Crippen LogP contribution in [0.25, 0.3) is 11.0 Å². The van der Waals surface area contributed by atoms with Gasteiger partial charge >= 0.3 is 6.09 Å². The predicted molar refractivity (Wildman–Crippen MR) is 135 cm³/mol. The molecule has 0 bridgehead atoms. The van der Waals surface area contributed by atoms with Crippen LogP contribution in [0.15, 0.2) is 53.7 Å². The lowest BCUT2D eigenvalue weighted by Crippen LogP contribution is -2.36. The molecule has 1 aliphatic carbocycles. The molecule has 1 amide bonds. The summed E-state index contributed by atoms with van der Waals surface area (Å²) in [4.78, 5) is 19.0. The van der Waals surface area contributed by atoms with Gasteiger partial charge in [-0.05, 0) is 76.1 Å². The summed E-state index contributed by atoms with van der Waals surface area (Å²) in [7, 11) is -3.74. The van der Waals surface area contributed by atoms with E-state index in [9.17, 15) is 13.2 Å². The summed E-state index contributed by atoms with van der Waals surface area (Å²) in [6.07, 6.45) is 4.98. The zero-order valence-electron chi connectivity index (χ0n) is 20.6. The molecule has 2 fully saturated rings. The SMILES string of the molecule is Cc1cnc2c(ccn2S(=O)(=O)c2ccccc2)c1NC1C[C@@H]2CN(C(=O)OC(C)(C)C)C[C@@H]2C1. The number of benzene rings is 1. The van der Waals surface area contributed by atoms with Crippen LogP contribution >= 0.6 is 0 Å². The minimum atomic E-state index is -3.74. The highest BCUT2D eigenvalue weighted by Gasteiger charge is 2.43. The Bertz CT molecular complexity index is 1350. The maximum atomic E-state index is 13.2. The molecule has 1 unspecified atom stereocenters. The van der Waals surface area contributed by atoms with Gasteiger partial charge in [-0.1, -0.05) is 18.2 Å². The molecule has 3 heterocycles. The molecule has 5 rings (SSSR count). The maximum Gasteiger partial charge on any atom is 0.410 e. The van der Waals surface area contributed by atoms with Crippen molar-refractivity contribution >= 4 is 32.8 Å². The molecule has 35 heavy (non-hydrogen) atoms. The normalized spacial score (nSPS) is 22.4. The van der Waals surface area contributed by atoms with E-state index in [1.54, 1.807) is 42.7 Å². The molecule has 3 atom stereocenters. The maximum absolute atomic E-state index is 13.2. The number of amides is 1. The van der Waals surface area contributed by atoms with Gasteiger partial charge in [-0.25, -0.2) is 22.2 Å². The van der Waals surface area contributed by atoms with Gasteiger partial charge < -0.3 is 15.0 Å². The molecule has 2 aliphatic rings. The van der Waals surface area contributed by atoms with E-state index in [1.165, 1.54) is 3.97 Å². The standard InChI is InChI=1S/C26H32N4O4S/c1-17-14-27-24-22(10-11-30(24)35(32,33)21-8-6-5-7-9-21)23(17)28-20-12-18-15-29(16-19(18)13-20)25(31)34-26(2,3)4/h5-11,14,18-20H,12-13,15-16H2,1-4H3,(H,27,28)/t18-,19+,20?. The zero-order chi connectivity index (χ0) is 25.0. The van der Waals surface area contributed by atoms with Crippen molar-refractivity contribution in [2.24, 2.45) is 11.8 Å². The van der Waals surface area contributed by atoms with Gasteiger partial charge in [0.15, 0.2) is 5.65 Å². The van der Waals surface area contributed by atoms with Crippen LogP contribution in [0.2, 0.25) is 0 Å². The molecule has 0 spiro atoms. The fourth-order valence-electron chi connectivity index (χ4n) is 5.35. The summed E-state index contributed by atoms with van der Waals surface area (Å²) in [6.45, 7) is 9.08. The van der Waals surface area contributed by atoms with Gasteiger partial charge in [-0.15, -0.1) is 0 Å². The third-order valence-corrected chi connectivity index (χ3v) is 8.60. The molecular formula is C26H32N4O4S. The molecule has 2 aromatic heterocycles. The number of aromatic nitrogens is 2. The van der Waals surface area contributed by atoms with Crippen molar-refractivity contribution in [3.63, 3.8) is 0 Å². The van der Waals surface area contributed by atoms with Gasteiger partial charge in [-0.2, -0.15) is 0 Å². The van der Waals surface area contributed by atoms with Gasteiger partial charge in [0.05, 0.1) is 4.90 Å². The summed E-state index contributed by atoms with van der Waals surface area (Å²) in [5.41, 5.74) is 1.81. The third-order valence-electron chi connectivity index (χ3n) is 6.92. The minimum absolute atomic E-state index is 0.229. The first-order chi connectivity index (χ1) is 16.5. The number of ether oxygens (including phenoxy) is 1. The van der Waals surface area contributed by atoms with E-state index in [0.29, 0.717) is 30.6 Å². The van der Waals surface area contributed by atoms with Crippen molar-refractivity contribution < 1.29 is 17.9 Å². The number of likely N-dealkylation sites (tertiary alicyclic amines) is 1. The molecule has 1 saturated heterocycles. The molecule has 0 radical (unpaired) electrons. The molecule has 1 N–H and O–H groups in total. The van der Waals surface area contributed by atoms with E-state index in [4.69, 9.17) is 4.74 Å². The van der Waals surface area contributed by atoms with Crippen molar-refractivity contribution in [3.8, 4) is 0 Å². The lowest BCUT2D eigenvalue weighted by atomic mass is 10.0. The molecule has 1 aromatic carbocycles. The zero-order valence-corrected chi connectivity index (χ0v) is 21.4. The van der Waals surface area contributed by atoms with Gasteiger partial charge in [0.25, 0.3) is 10.0 Å². The van der Waals surface area contributed by atoms with Crippen LogP contribution in [0, 0.1) is 18.8 Å². The minimum Gasteiger partial charge on any atom is -0.444 e. The molecule has 1 aliphatic heterocycles. The molecule has 1 saturated carbocycles. The monoisotopic (exact) mass is 496 g/mol. The van der Waals surface area contributed by atoms with Crippen LogP contribution in [0.5, 0.6) is 0 Å². The lowest BCUT2D eigenvalue weighted by molar-refractivity contribution is 0.0280. The Hall–Kier alpha value is -3.07. The van der Waals surface area contributed by atoms with Crippen molar-refractivity contribution in [1.82, 2.24) is 13.9 Å². The number of nitrogens with zero attached hydrogens (tertiary/aromatic N) is 3. The highest BCUT2D eigenvalue weighted by molar-refractivity contribution is 7.90. The van der Waals surface area contributed by atoms with E-state index in [2.05, 4.69) is 10.3 Å². The second-order valence-electron chi connectivity index (χ2n) is 10.7. The number of hydrogen-bond acceptors (Lipinski definition) is 6. The summed E-state index contributed by atoms with van der Waals surface area (Å²) in [5, 5.41) is 4.47. The second-order valence-corrected chi connectivity index (χ2v) is 12.5. The molecule has 3 aromatic rings. The highest BCUT2D eigenvalue weighted by atomic mass is 32.2. The topological polar surface area (TPSA) is 93.5 Å². The quantitative estimate of drug-likeness (QED) is 0.566. The number of nitrogens with one attached hydrogen (secondary N) is 1. The molecule has 186 valence electrons. The van der Waals surface area contributed by atoms with Crippen LogP contribution < -0.4 is 5.32 Å². The highest BCUT2D eigenvalue weighted by Crippen LogP contribution is 2.41. The van der Waals surface area contributed by atoms with Crippen LogP contribution in [-0.2, 0) is 14.8 Å². The predicted octanol–water partition coefficient (Wildman–Crippen LogP) is 4.64. The third kappa shape index (κ3) is 4.49. The largest absolute Gasteiger partial charge is 0.444 e. The van der Waals surface area contributed by atoms with Crippen molar-refractivity contribution in [2.45, 2.75) is 57.1 Å². The smallest absolute Gasteiger partial charge is 0.410 e. The summed E-state index contributed by atoms with van der Waals surface area (Å²) < 4.78 is 33.2. The van der Waals surface area contributed by atoms with Gasteiger partial charge in [0.2, 0.25) is 0 Å². The van der Waals surface area contributed by atoms with Crippen LogP contribution in [0.1, 0.15) is 39.2 Å². The van der Waals surface area contributed by atoms with E-state index < -0.39 is 15.6 Å². The van der Waals surface area contributed by atoms with Crippen molar-refractivity contribution in [2.75, 3.05) is 18.4 Å². The van der Waals surface area contributed by atoms with Crippen LogP contribution in [0.4, 0.5) is 10.5 Å². The Labute approximate surface area is 206 Å². The Balaban J connectivity index is 1.34. The van der Waals surface area contributed by atoms with E-state index >= 15 is 0 Å². The summed E-state index contributed by atoms with van der Waals surface area (Å²) in [6, 6.07) is 10.5. The van der Waals surface area contributed by atoms with Crippen molar-refractivity contribution in [3.05, 3.63) is 54.4 Å². The summed E-state index contributed by atoms with van der Waals surface area (Å²) >= 11 is 0. The van der Waals surface area contributed by atoms with Gasteiger partial charge in [-0.3, -0.25) is 0 Å². The first-order valence-corrected chi connectivity index (χ1v) is 13.5. The molecule has 9 heteroatoms. The molecular weight excluding hydrogens is 464 g/mol. The Morgan fingerprint density at radius 2 is 1.74 bits per heavy atom. The lowest BCUT2D eigenvalue weighted by Gasteiger charge is -2.25. The van der Waals surface area contributed by atoms with Gasteiger partial charge in [0, 0.05) is 42.6 Å². The molecule has 8 nitrogen and oxygen atoms in total. The number of hydrogen-bond donors (Lipinski definition) is 1. The van der Waals surface area contributed by atoms with Crippen molar-refractivity contribution in [1.29, 1.82) is 0 Å². The average Bonchev–Trinajstić information content (AvgIpc) is 3.48. The Morgan fingerprint density at radius 1 is 1.09 bits per heavy atom. The second kappa shape index (κ2) is 8.55. The first-order valence-electron chi connectivity index (χ1n) is 12.0. The van der Waals surface area contributed by atoms with E-state index in [-0.39, 0.29) is 17.0 Å². The number of anilines is 1. The average molecular weight is 497 g/mol. The summed E-state index contributed by atoms with van der Waals surface area (Å²) in [5.74, 6) is 0.862. The number of aryl methyl sites for hydroxylation is 1. The number of carbonyl (C=O) groups is 1. The van der Waals surface area contributed by atoms with Crippen LogP contribution in [0.3, 0.4) is 0 Å². The van der Waals surface area contributed by atoms with E-state index in [1.807, 2.05) is 38.7 Å². The number of carbonyl (C=O) groups excluding carboxylic acids is 1. The van der Waals surface area contributed by atoms with E-state index in [0.717, 1.165) is 29.5 Å². The fourth-order valence-corrected chi connectivity index (χ4v) is 6.67. The van der Waals surface area contributed by atoms with Crippen LogP contribution in [-0.4, -0.2) is 53.1 Å². The Morgan fingerprint density at radius 3 is 2.37 bits per heavy atom. The number of fused-ring (bicyclic) bond motifs is 2. The number of rotatable bonds is 4. The van der Waals surface area contributed by atoms with Gasteiger partial charge in [0.1, 0.15) is 5.60 Å². The fraction of sp³-hybridized carbons (Fsp3) is 0.462. The Kier molecular flexibility index (Phi) is 5.78. The first kappa shape index (κ1) is 23.7.